The summed E-state index contributed by atoms with van der Waals surface area (Å²) < 4.78 is 7.52. The van der Waals surface area contributed by atoms with Crippen LogP contribution in [0.25, 0.3) is 11.3 Å². The largest absolute Gasteiger partial charge is 0.496 e. The molecule has 0 amide bonds. The van der Waals surface area contributed by atoms with Crippen LogP contribution in [0.2, 0.25) is 0 Å². The number of benzene rings is 1. The second-order valence-corrected chi connectivity index (χ2v) is 4.92. The van der Waals surface area contributed by atoms with E-state index in [1.165, 1.54) is 11.1 Å². The molecule has 0 radical (unpaired) electrons. The summed E-state index contributed by atoms with van der Waals surface area (Å²) in [6.07, 6.45) is 1.91. The number of hydrogen-bond donors (Lipinski definition) is 0. The SMILES string of the molecule is COc1ccc(C)cc1-c1c(C)cnn1C(C)C. The fourth-order valence-corrected chi connectivity index (χ4v) is 2.18. The van der Waals surface area contributed by atoms with Gasteiger partial charge in [-0.25, -0.2) is 0 Å². The molecule has 0 aliphatic carbocycles. The molecule has 96 valence electrons. The summed E-state index contributed by atoms with van der Waals surface area (Å²) in [6.45, 7) is 8.45. The van der Waals surface area contributed by atoms with Crippen molar-refractivity contribution >= 4 is 0 Å². The van der Waals surface area contributed by atoms with Gasteiger partial charge in [0.1, 0.15) is 5.75 Å². The van der Waals surface area contributed by atoms with E-state index < -0.39 is 0 Å². The third kappa shape index (κ3) is 2.13. The Morgan fingerprint density at radius 1 is 1.22 bits per heavy atom. The van der Waals surface area contributed by atoms with Gasteiger partial charge >= 0.3 is 0 Å². The number of rotatable bonds is 3. The molecule has 0 spiro atoms. The van der Waals surface area contributed by atoms with Gasteiger partial charge < -0.3 is 4.74 Å². The average molecular weight is 244 g/mol. The summed E-state index contributed by atoms with van der Waals surface area (Å²) in [5, 5.41) is 4.46. The molecule has 0 saturated carbocycles. The zero-order valence-electron chi connectivity index (χ0n) is 11.7. The van der Waals surface area contributed by atoms with Crippen molar-refractivity contribution in [1.82, 2.24) is 9.78 Å². The van der Waals surface area contributed by atoms with E-state index in [1.54, 1.807) is 7.11 Å². The Kier molecular flexibility index (Phi) is 3.41. The molecule has 0 fully saturated rings. The van der Waals surface area contributed by atoms with Crippen molar-refractivity contribution in [3.05, 3.63) is 35.5 Å². The molecule has 1 aromatic heterocycles. The summed E-state index contributed by atoms with van der Waals surface area (Å²) in [6, 6.07) is 6.57. The van der Waals surface area contributed by atoms with E-state index >= 15 is 0 Å². The van der Waals surface area contributed by atoms with E-state index in [9.17, 15) is 0 Å². The van der Waals surface area contributed by atoms with Crippen LogP contribution in [0.1, 0.15) is 31.0 Å². The monoisotopic (exact) mass is 244 g/mol. The van der Waals surface area contributed by atoms with Gasteiger partial charge in [-0.1, -0.05) is 11.6 Å². The Morgan fingerprint density at radius 2 is 1.94 bits per heavy atom. The van der Waals surface area contributed by atoms with Crippen molar-refractivity contribution in [2.45, 2.75) is 33.7 Å². The quantitative estimate of drug-likeness (QED) is 0.822. The van der Waals surface area contributed by atoms with Gasteiger partial charge in [0.15, 0.2) is 0 Å². The summed E-state index contributed by atoms with van der Waals surface area (Å²) in [4.78, 5) is 0. The molecule has 2 rings (SSSR count). The minimum atomic E-state index is 0.332. The zero-order chi connectivity index (χ0) is 13.3. The maximum Gasteiger partial charge on any atom is 0.128 e. The van der Waals surface area contributed by atoms with E-state index in [0.29, 0.717) is 6.04 Å². The first-order chi connectivity index (χ1) is 8.54. The molecule has 0 aliphatic rings. The summed E-state index contributed by atoms with van der Waals surface area (Å²) in [5.74, 6) is 0.895. The minimum absolute atomic E-state index is 0.332. The minimum Gasteiger partial charge on any atom is -0.496 e. The number of nitrogens with zero attached hydrogens (tertiary/aromatic N) is 2. The second-order valence-electron chi connectivity index (χ2n) is 4.92. The standard InChI is InChI=1S/C15H20N2O/c1-10(2)17-15(12(4)9-16-17)13-8-11(3)6-7-14(13)18-5/h6-10H,1-5H3. The van der Waals surface area contributed by atoms with Crippen LogP contribution in [-0.4, -0.2) is 16.9 Å². The molecular weight excluding hydrogens is 224 g/mol. The number of aromatic nitrogens is 2. The van der Waals surface area contributed by atoms with Crippen molar-refractivity contribution < 1.29 is 4.74 Å². The maximum absolute atomic E-state index is 5.47. The highest BCUT2D eigenvalue weighted by molar-refractivity contribution is 5.71. The Labute approximate surface area is 108 Å². The van der Waals surface area contributed by atoms with Gasteiger partial charge in [-0.3, -0.25) is 4.68 Å². The normalized spacial score (nSPS) is 11.0. The molecule has 3 heteroatoms. The Morgan fingerprint density at radius 3 is 2.56 bits per heavy atom. The molecule has 1 aromatic carbocycles. The van der Waals surface area contributed by atoms with E-state index in [0.717, 1.165) is 17.0 Å². The van der Waals surface area contributed by atoms with Crippen LogP contribution in [0, 0.1) is 13.8 Å². The van der Waals surface area contributed by atoms with E-state index in [2.05, 4.69) is 44.9 Å². The third-order valence-electron chi connectivity index (χ3n) is 3.08. The number of methoxy groups -OCH3 is 1. The lowest BCUT2D eigenvalue weighted by atomic mass is 10.0. The first kappa shape index (κ1) is 12.7. The van der Waals surface area contributed by atoms with Gasteiger partial charge in [0.25, 0.3) is 0 Å². The summed E-state index contributed by atoms with van der Waals surface area (Å²) >= 11 is 0. The predicted octanol–water partition coefficient (Wildman–Crippen LogP) is 3.76. The number of hydrogen-bond acceptors (Lipinski definition) is 2. The van der Waals surface area contributed by atoms with Crippen molar-refractivity contribution in [2.24, 2.45) is 0 Å². The van der Waals surface area contributed by atoms with Crippen LogP contribution < -0.4 is 4.74 Å². The fourth-order valence-electron chi connectivity index (χ4n) is 2.18. The van der Waals surface area contributed by atoms with Crippen molar-refractivity contribution in [2.75, 3.05) is 7.11 Å². The molecule has 0 saturated heterocycles. The Balaban J connectivity index is 2.68. The second kappa shape index (κ2) is 4.84. The van der Waals surface area contributed by atoms with Crippen LogP contribution in [0.3, 0.4) is 0 Å². The van der Waals surface area contributed by atoms with Gasteiger partial charge in [-0.2, -0.15) is 5.10 Å². The van der Waals surface area contributed by atoms with Crippen molar-refractivity contribution in [3.63, 3.8) is 0 Å². The lowest BCUT2D eigenvalue weighted by Gasteiger charge is -2.15. The van der Waals surface area contributed by atoms with Crippen LogP contribution in [0.15, 0.2) is 24.4 Å². The van der Waals surface area contributed by atoms with Gasteiger partial charge in [0.05, 0.1) is 19.0 Å². The predicted molar refractivity (Wildman–Crippen MR) is 74.1 cm³/mol. The fraction of sp³-hybridized carbons (Fsp3) is 0.400. The summed E-state index contributed by atoms with van der Waals surface area (Å²) in [7, 11) is 1.71. The van der Waals surface area contributed by atoms with Gasteiger partial charge in [-0.05, 0) is 45.4 Å². The van der Waals surface area contributed by atoms with Gasteiger partial charge in [0, 0.05) is 11.6 Å². The number of aryl methyl sites for hydroxylation is 2. The molecule has 3 nitrogen and oxygen atoms in total. The lowest BCUT2D eigenvalue weighted by molar-refractivity contribution is 0.415. The Bertz CT molecular complexity index is 556. The lowest BCUT2D eigenvalue weighted by Crippen LogP contribution is -2.05. The van der Waals surface area contributed by atoms with Crippen LogP contribution in [0.5, 0.6) is 5.75 Å². The van der Waals surface area contributed by atoms with E-state index in [-0.39, 0.29) is 0 Å². The molecule has 0 unspecified atom stereocenters. The molecular formula is C15H20N2O. The molecule has 0 N–H and O–H groups in total. The summed E-state index contributed by atoms with van der Waals surface area (Å²) in [5.41, 5.74) is 4.65. The molecule has 1 heterocycles. The van der Waals surface area contributed by atoms with Crippen LogP contribution in [0.4, 0.5) is 0 Å². The highest BCUT2D eigenvalue weighted by Gasteiger charge is 2.16. The molecule has 0 bridgehead atoms. The van der Waals surface area contributed by atoms with Crippen molar-refractivity contribution in [1.29, 1.82) is 0 Å². The molecule has 0 aliphatic heterocycles. The number of ether oxygens (including phenoxy) is 1. The maximum atomic E-state index is 5.47. The smallest absolute Gasteiger partial charge is 0.128 e. The highest BCUT2D eigenvalue weighted by Crippen LogP contribution is 2.34. The molecule has 2 aromatic rings. The van der Waals surface area contributed by atoms with Gasteiger partial charge in [-0.15, -0.1) is 0 Å². The first-order valence-corrected chi connectivity index (χ1v) is 6.23. The average Bonchev–Trinajstić information content (AvgIpc) is 2.71. The van der Waals surface area contributed by atoms with Crippen LogP contribution in [-0.2, 0) is 0 Å². The first-order valence-electron chi connectivity index (χ1n) is 6.23. The third-order valence-corrected chi connectivity index (χ3v) is 3.08. The Hall–Kier alpha value is -1.77. The van der Waals surface area contributed by atoms with Gasteiger partial charge in [0.2, 0.25) is 0 Å². The molecule has 0 atom stereocenters. The topological polar surface area (TPSA) is 27.1 Å². The van der Waals surface area contributed by atoms with Crippen LogP contribution >= 0.6 is 0 Å². The van der Waals surface area contributed by atoms with E-state index in [4.69, 9.17) is 4.74 Å². The van der Waals surface area contributed by atoms with E-state index in [1.807, 2.05) is 16.9 Å². The highest BCUT2D eigenvalue weighted by atomic mass is 16.5. The zero-order valence-corrected chi connectivity index (χ0v) is 11.7. The molecule has 18 heavy (non-hydrogen) atoms. The van der Waals surface area contributed by atoms with Crippen molar-refractivity contribution in [3.8, 4) is 17.0 Å².